The topological polar surface area (TPSA) is 55.8 Å². The Morgan fingerprint density at radius 2 is 1.83 bits per heavy atom. The summed E-state index contributed by atoms with van der Waals surface area (Å²) in [6.45, 7) is 0. The van der Waals surface area contributed by atoms with Crippen molar-refractivity contribution in [2.45, 2.75) is 69.3 Å². The molecule has 0 unspecified atom stereocenters. The molecule has 0 aliphatic heterocycles. The van der Waals surface area contributed by atoms with E-state index in [4.69, 9.17) is 21.1 Å². The van der Waals surface area contributed by atoms with Gasteiger partial charge in [-0.05, 0) is 56.2 Å². The number of aliphatic carboxylic acids is 1. The minimum atomic E-state index is -0.859. The summed E-state index contributed by atoms with van der Waals surface area (Å²) in [7, 11) is 1.57. The number of methoxy groups -OCH3 is 1. The molecule has 0 bridgehead atoms. The Labute approximate surface area is 148 Å². The van der Waals surface area contributed by atoms with E-state index in [9.17, 15) is 9.90 Å². The Kier molecular flexibility index (Phi) is 5.24. The van der Waals surface area contributed by atoms with E-state index in [0.717, 1.165) is 37.7 Å². The van der Waals surface area contributed by atoms with E-state index in [-0.39, 0.29) is 6.10 Å². The van der Waals surface area contributed by atoms with E-state index < -0.39 is 11.4 Å². The van der Waals surface area contributed by atoms with Gasteiger partial charge in [-0.15, -0.1) is 0 Å². The van der Waals surface area contributed by atoms with Crippen molar-refractivity contribution in [1.82, 2.24) is 0 Å². The number of carboxylic acids is 1. The molecule has 1 aromatic rings. The predicted octanol–water partition coefficient (Wildman–Crippen LogP) is 4.96. The lowest BCUT2D eigenvalue weighted by atomic mass is 9.69. The van der Waals surface area contributed by atoms with Gasteiger partial charge in [0, 0.05) is 0 Å². The van der Waals surface area contributed by atoms with Gasteiger partial charge in [-0.1, -0.05) is 30.9 Å². The number of rotatable bonds is 5. The van der Waals surface area contributed by atoms with Gasteiger partial charge < -0.3 is 14.6 Å². The van der Waals surface area contributed by atoms with Crippen molar-refractivity contribution >= 4 is 17.6 Å². The standard InChI is InChI=1S/C19H25ClO4/c1-23-17-15(20)11-13(12-16(17)24-14-7-3-4-8-14)19(18(21)22)9-5-2-6-10-19/h11-12,14H,2-10H2,1H3,(H,21,22). The van der Waals surface area contributed by atoms with Crippen molar-refractivity contribution in [3.63, 3.8) is 0 Å². The van der Waals surface area contributed by atoms with Crippen molar-refractivity contribution in [2.75, 3.05) is 7.11 Å². The SMILES string of the molecule is COc1c(Cl)cc(C2(C(=O)O)CCCCC2)cc1OC1CCCC1. The predicted molar refractivity (Wildman–Crippen MR) is 93.3 cm³/mol. The number of hydrogen-bond acceptors (Lipinski definition) is 3. The molecule has 1 aromatic carbocycles. The van der Waals surface area contributed by atoms with Crippen molar-refractivity contribution in [3.8, 4) is 11.5 Å². The van der Waals surface area contributed by atoms with Crippen LogP contribution in [-0.2, 0) is 10.2 Å². The maximum atomic E-state index is 12.1. The third-order valence-electron chi connectivity index (χ3n) is 5.48. The lowest BCUT2D eigenvalue weighted by molar-refractivity contribution is -0.145. The Morgan fingerprint density at radius 3 is 2.42 bits per heavy atom. The maximum absolute atomic E-state index is 12.1. The molecule has 0 amide bonds. The molecule has 2 aliphatic carbocycles. The van der Waals surface area contributed by atoms with Crippen LogP contribution in [0.15, 0.2) is 12.1 Å². The Hall–Kier alpha value is -1.42. The highest BCUT2D eigenvalue weighted by molar-refractivity contribution is 6.32. The van der Waals surface area contributed by atoms with Crippen LogP contribution in [0.25, 0.3) is 0 Å². The Balaban J connectivity index is 2.00. The number of carbonyl (C=O) groups is 1. The summed E-state index contributed by atoms with van der Waals surface area (Å²) in [6.07, 6.45) is 8.77. The minimum absolute atomic E-state index is 0.164. The second-order valence-corrected chi connectivity index (χ2v) is 7.37. The highest BCUT2D eigenvalue weighted by atomic mass is 35.5. The fourth-order valence-corrected chi connectivity index (χ4v) is 4.39. The molecular formula is C19H25ClO4. The fourth-order valence-electron chi connectivity index (χ4n) is 4.10. The summed E-state index contributed by atoms with van der Waals surface area (Å²) in [6, 6.07) is 3.60. The second kappa shape index (κ2) is 7.22. The molecule has 3 rings (SSSR count). The number of benzene rings is 1. The fraction of sp³-hybridized carbons (Fsp3) is 0.632. The third-order valence-corrected chi connectivity index (χ3v) is 5.76. The molecule has 24 heavy (non-hydrogen) atoms. The number of hydrogen-bond donors (Lipinski definition) is 1. The first-order chi connectivity index (χ1) is 11.6. The number of carboxylic acid groups (broad SMARTS) is 1. The summed E-state index contributed by atoms with van der Waals surface area (Å²) >= 11 is 6.41. The van der Waals surface area contributed by atoms with Crippen LogP contribution in [0.1, 0.15) is 63.4 Å². The minimum Gasteiger partial charge on any atom is -0.491 e. The Morgan fingerprint density at radius 1 is 1.17 bits per heavy atom. The zero-order valence-corrected chi connectivity index (χ0v) is 14.9. The third kappa shape index (κ3) is 3.21. The van der Waals surface area contributed by atoms with Gasteiger partial charge in [-0.25, -0.2) is 0 Å². The highest BCUT2D eigenvalue weighted by Gasteiger charge is 2.42. The van der Waals surface area contributed by atoms with Gasteiger partial charge in [0.25, 0.3) is 0 Å². The monoisotopic (exact) mass is 352 g/mol. The summed E-state index contributed by atoms with van der Waals surface area (Å²) in [5.74, 6) is 0.317. The quantitative estimate of drug-likeness (QED) is 0.814. The molecule has 5 heteroatoms. The van der Waals surface area contributed by atoms with Crippen LogP contribution < -0.4 is 9.47 Å². The molecule has 0 radical (unpaired) electrons. The van der Waals surface area contributed by atoms with Crippen molar-refractivity contribution < 1.29 is 19.4 Å². The molecule has 0 saturated heterocycles. The van der Waals surface area contributed by atoms with E-state index in [2.05, 4.69) is 0 Å². The molecule has 1 N–H and O–H groups in total. The van der Waals surface area contributed by atoms with Gasteiger partial charge in [-0.3, -0.25) is 4.79 Å². The smallest absolute Gasteiger partial charge is 0.314 e. The van der Waals surface area contributed by atoms with Crippen LogP contribution in [0.2, 0.25) is 5.02 Å². The molecule has 0 heterocycles. The number of halogens is 1. The molecule has 0 spiro atoms. The van der Waals surface area contributed by atoms with Crippen LogP contribution in [0.4, 0.5) is 0 Å². The molecule has 132 valence electrons. The molecule has 2 aliphatic rings. The van der Waals surface area contributed by atoms with Gasteiger partial charge in [0.2, 0.25) is 0 Å². The normalized spacial score (nSPS) is 20.8. The molecular weight excluding hydrogens is 328 g/mol. The zero-order chi connectivity index (χ0) is 17.2. The summed E-state index contributed by atoms with van der Waals surface area (Å²) in [5, 5.41) is 10.3. The molecule has 2 fully saturated rings. The van der Waals surface area contributed by atoms with Crippen LogP contribution >= 0.6 is 11.6 Å². The maximum Gasteiger partial charge on any atom is 0.314 e. The summed E-state index contributed by atoms with van der Waals surface area (Å²) in [5.41, 5.74) is -0.115. The number of ether oxygens (including phenoxy) is 2. The van der Waals surface area contributed by atoms with Gasteiger partial charge in [0.1, 0.15) is 0 Å². The van der Waals surface area contributed by atoms with Crippen molar-refractivity contribution in [2.24, 2.45) is 0 Å². The van der Waals surface area contributed by atoms with Gasteiger partial charge in [0.05, 0.1) is 23.7 Å². The van der Waals surface area contributed by atoms with E-state index in [1.807, 2.05) is 6.07 Å². The second-order valence-electron chi connectivity index (χ2n) is 6.96. The van der Waals surface area contributed by atoms with E-state index in [0.29, 0.717) is 29.4 Å². The summed E-state index contributed by atoms with van der Waals surface area (Å²) in [4.78, 5) is 12.1. The Bertz CT molecular complexity index is 602. The zero-order valence-electron chi connectivity index (χ0n) is 14.1. The first kappa shape index (κ1) is 17.4. The first-order valence-electron chi connectivity index (χ1n) is 8.85. The average Bonchev–Trinajstić information content (AvgIpc) is 3.08. The van der Waals surface area contributed by atoms with Gasteiger partial charge in [-0.2, -0.15) is 0 Å². The summed E-state index contributed by atoms with van der Waals surface area (Å²) < 4.78 is 11.5. The molecule has 0 atom stereocenters. The van der Waals surface area contributed by atoms with Crippen LogP contribution in [0.5, 0.6) is 11.5 Å². The van der Waals surface area contributed by atoms with Crippen LogP contribution in [-0.4, -0.2) is 24.3 Å². The molecule has 2 saturated carbocycles. The van der Waals surface area contributed by atoms with Crippen molar-refractivity contribution in [1.29, 1.82) is 0 Å². The van der Waals surface area contributed by atoms with E-state index in [1.54, 1.807) is 13.2 Å². The average molecular weight is 353 g/mol. The largest absolute Gasteiger partial charge is 0.491 e. The van der Waals surface area contributed by atoms with Gasteiger partial charge in [0.15, 0.2) is 11.5 Å². The van der Waals surface area contributed by atoms with Gasteiger partial charge >= 0.3 is 5.97 Å². The molecule has 4 nitrogen and oxygen atoms in total. The van der Waals surface area contributed by atoms with Crippen molar-refractivity contribution in [3.05, 3.63) is 22.7 Å². The molecule has 0 aromatic heterocycles. The first-order valence-corrected chi connectivity index (χ1v) is 9.23. The lowest BCUT2D eigenvalue weighted by Gasteiger charge is -2.34. The lowest BCUT2D eigenvalue weighted by Crippen LogP contribution is -2.37. The van der Waals surface area contributed by atoms with E-state index >= 15 is 0 Å². The van der Waals surface area contributed by atoms with Crippen LogP contribution in [0.3, 0.4) is 0 Å². The van der Waals surface area contributed by atoms with Crippen LogP contribution in [0, 0.1) is 0 Å². The highest BCUT2D eigenvalue weighted by Crippen LogP contribution is 2.46. The van der Waals surface area contributed by atoms with E-state index in [1.165, 1.54) is 12.8 Å².